The third-order valence-corrected chi connectivity index (χ3v) is 4.39. The lowest BCUT2D eigenvalue weighted by atomic mass is 9.81. The van der Waals surface area contributed by atoms with Crippen LogP contribution in [-0.4, -0.2) is 40.0 Å². The van der Waals surface area contributed by atoms with Crippen LogP contribution in [0.5, 0.6) is 5.88 Å². The molecule has 0 aromatic carbocycles. The summed E-state index contributed by atoms with van der Waals surface area (Å²) >= 11 is 0. The molecule has 1 aromatic rings. The van der Waals surface area contributed by atoms with Crippen LogP contribution >= 0.6 is 0 Å². The first-order chi connectivity index (χ1) is 11.4. The molecule has 24 heavy (non-hydrogen) atoms. The van der Waals surface area contributed by atoms with Crippen LogP contribution in [0.2, 0.25) is 0 Å². The highest BCUT2D eigenvalue weighted by Gasteiger charge is 2.41. The molecule has 0 radical (unpaired) electrons. The number of aliphatic hydroxyl groups excluding tert-OH is 1. The number of alkyl halides is 3. The second-order valence-corrected chi connectivity index (χ2v) is 6.15. The van der Waals surface area contributed by atoms with Gasteiger partial charge in [-0.1, -0.05) is 0 Å². The van der Waals surface area contributed by atoms with Crippen molar-refractivity contribution in [3.63, 3.8) is 0 Å². The molecular formula is C15H19F3N2O4. The molecule has 2 aliphatic rings. The maximum absolute atomic E-state index is 12.9. The van der Waals surface area contributed by atoms with Gasteiger partial charge in [-0.25, -0.2) is 14.8 Å². The van der Waals surface area contributed by atoms with Gasteiger partial charge in [-0.3, -0.25) is 0 Å². The van der Waals surface area contributed by atoms with Gasteiger partial charge in [0.2, 0.25) is 11.7 Å². The smallest absolute Gasteiger partial charge is 0.451 e. The Morgan fingerprint density at radius 3 is 2.58 bits per heavy atom. The zero-order valence-electron chi connectivity index (χ0n) is 13.0. The summed E-state index contributed by atoms with van der Waals surface area (Å²) in [5, 5.41) is 8.94. The number of aliphatic hydroxyl groups is 1. The number of hydrogen-bond donors (Lipinski definition) is 1. The van der Waals surface area contributed by atoms with Crippen LogP contribution in [0.1, 0.15) is 43.6 Å². The van der Waals surface area contributed by atoms with Crippen molar-refractivity contribution < 1.29 is 32.8 Å². The van der Waals surface area contributed by atoms with Crippen molar-refractivity contribution in [2.45, 2.75) is 56.4 Å². The fourth-order valence-corrected chi connectivity index (χ4v) is 3.08. The lowest BCUT2D eigenvalue weighted by Crippen LogP contribution is -2.37. The van der Waals surface area contributed by atoms with Crippen LogP contribution in [0.25, 0.3) is 0 Å². The van der Waals surface area contributed by atoms with Gasteiger partial charge in [0.1, 0.15) is 11.7 Å². The molecule has 1 saturated carbocycles. The van der Waals surface area contributed by atoms with Crippen molar-refractivity contribution >= 4 is 0 Å². The molecule has 3 rings (SSSR count). The Bertz CT molecular complexity index is 566. The largest absolute Gasteiger partial charge is 0.474 e. The van der Waals surface area contributed by atoms with E-state index in [0.29, 0.717) is 19.4 Å². The number of halogens is 3. The first-order valence-electron chi connectivity index (χ1n) is 7.93. The molecule has 0 unspecified atom stereocenters. The average molecular weight is 348 g/mol. The highest BCUT2D eigenvalue weighted by molar-refractivity contribution is 5.18. The van der Waals surface area contributed by atoms with E-state index in [1.54, 1.807) is 0 Å². The quantitative estimate of drug-likeness (QED) is 0.843. The Morgan fingerprint density at radius 2 is 2.00 bits per heavy atom. The molecular weight excluding hydrogens is 329 g/mol. The minimum Gasteiger partial charge on any atom is -0.474 e. The molecule has 6 nitrogen and oxygen atoms in total. The Balaban J connectivity index is 1.69. The number of hydrogen-bond acceptors (Lipinski definition) is 6. The number of nitrogens with zero attached hydrogens (tertiary/aromatic N) is 2. The van der Waals surface area contributed by atoms with Crippen molar-refractivity contribution in [1.82, 2.24) is 9.97 Å². The van der Waals surface area contributed by atoms with Crippen molar-refractivity contribution in [2.75, 3.05) is 13.2 Å². The van der Waals surface area contributed by atoms with Crippen LogP contribution in [0.15, 0.2) is 6.07 Å². The Morgan fingerprint density at radius 1 is 1.25 bits per heavy atom. The average Bonchev–Trinajstić information content (AvgIpc) is 2.98. The SMILES string of the molecule is OCCc1cc(OC2CCC3(CCOO3)CC2)nc(C(F)(F)F)n1. The molecule has 0 bridgehead atoms. The maximum Gasteiger partial charge on any atom is 0.451 e. The lowest BCUT2D eigenvalue weighted by molar-refractivity contribution is -0.316. The fraction of sp³-hybridized carbons (Fsp3) is 0.733. The Kier molecular flexibility index (Phi) is 4.93. The van der Waals surface area contributed by atoms with E-state index >= 15 is 0 Å². The topological polar surface area (TPSA) is 73.7 Å². The van der Waals surface area contributed by atoms with Gasteiger partial charge in [-0.15, -0.1) is 0 Å². The first kappa shape index (κ1) is 17.4. The van der Waals surface area contributed by atoms with E-state index in [0.717, 1.165) is 19.3 Å². The van der Waals surface area contributed by atoms with Gasteiger partial charge in [0.15, 0.2) is 0 Å². The van der Waals surface area contributed by atoms with E-state index in [1.165, 1.54) is 6.07 Å². The fourth-order valence-electron chi connectivity index (χ4n) is 3.08. The second-order valence-electron chi connectivity index (χ2n) is 6.15. The normalized spacial score (nSPS) is 27.6. The highest BCUT2D eigenvalue weighted by Crippen LogP contribution is 2.39. The summed E-state index contributed by atoms with van der Waals surface area (Å²) in [7, 11) is 0. The Labute approximate surface area is 136 Å². The van der Waals surface area contributed by atoms with E-state index in [4.69, 9.17) is 19.6 Å². The van der Waals surface area contributed by atoms with Crippen LogP contribution in [0.3, 0.4) is 0 Å². The van der Waals surface area contributed by atoms with Crippen molar-refractivity contribution in [2.24, 2.45) is 0 Å². The molecule has 134 valence electrons. The van der Waals surface area contributed by atoms with Gasteiger partial charge in [-0.05, 0) is 25.7 Å². The summed E-state index contributed by atoms with van der Waals surface area (Å²) in [6.45, 7) is 0.272. The summed E-state index contributed by atoms with van der Waals surface area (Å²) in [4.78, 5) is 17.2. The van der Waals surface area contributed by atoms with Crippen molar-refractivity contribution in [3.8, 4) is 5.88 Å². The minimum atomic E-state index is -4.66. The van der Waals surface area contributed by atoms with E-state index in [9.17, 15) is 13.2 Å². The van der Waals surface area contributed by atoms with E-state index in [1.807, 2.05) is 0 Å². The van der Waals surface area contributed by atoms with Crippen LogP contribution in [0, 0.1) is 0 Å². The van der Waals surface area contributed by atoms with Crippen molar-refractivity contribution in [3.05, 3.63) is 17.6 Å². The highest BCUT2D eigenvalue weighted by atomic mass is 19.4. The van der Waals surface area contributed by atoms with Gasteiger partial charge in [0.25, 0.3) is 0 Å². The number of aromatic nitrogens is 2. The zero-order chi connectivity index (χ0) is 17.2. The monoisotopic (exact) mass is 348 g/mol. The summed E-state index contributed by atoms with van der Waals surface area (Å²) in [6.07, 6.45) is -1.26. The molecule has 1 aromatic heterocycles. The molecule has 9 heteroatoms. The molecule has 0 amide bonds. The Hall–Kier alpha value is -1.45. The molecule has 2 fully saturated rings. The standard InChI is InChI=1S/C15H19F3N2O4/c16-15(17,18)13-19-10(3-7-21)9-12(20-13)23-11-1-4-14(5-2-11)6-8-22-24-14/h9,11,21H,1-8H2. The molecule has 1 saturated heterocycles. The minimum absolute atomic E-state index is 0.0148. The van der Waals surface area contributed by atoms with Gasteiger partial charge in [0, 0.05) is 25.5 Å². The molecule has 0 atom stereocenters. The van der Waals surface area contributed by atoms with Crippen LogP contribution in [0.4, 0.5) is 13.2 Å². The zero-order valence-corrected chi connectivity index (χ0v) is 13.0. The molecule has 1 aliphatic carbocycles. The van der Waals surface area contributed by atoms with Crippen LogP contribution < -0.4 is 4.74 Å². The second kappa shape index (κ2) is 6.81. The lowest BCUT2D eigenvalue weighted by Gasteiger charge is -2.34. The summed E-state index contributed by atoms with van der Waals surface area (Å²) < 4.78 is 44.3. The summed E-state index contributed by atoms with van der Waals surface area (Å²) in [6, 6.07) is 1.35. The molecule has 1 spiro atoms. The molecule has 2 heterocycles. The van der Waals surface area contributed by atoms with Crippen LogP contribution in [-0.2, 0) is 22.4 Å². The molecule has 1 N–H and O–H groups in total. The van der Waals surface area contributed by atoms with Gasteiger partial charge < -0.3 is 9.84 Å². The van der Waals surface area contributed by atoms with Gasteiger partial charge in [0.05, 0.1) is 12.3 Å². The van der Waals surface area contributed by atoms with Crippen molar-refractivity contribution in [1.29, 1.82) is 0 Å². The first-order valence-corrected chi connectivity index (χ1v) is 7.93. The third-order valence-electron chi connectivity index (χ3n) is 4.39. The van der Waals surface area contributed by atoms with E-state index < -0.39 is 12.0 Å². The predicted octanol–water partition coefficient (Wildman–Crippen LogP) is 2.44. The van der Waals surface area contributed by atoms with Gasteiger partial charge in [-0.2, -0.15) is 18.2 Å². The number of rotatable bonds is 4. The number of ether oxygens (including phenoxy) is 1. The molecule has 1 aliphatic heterocycles. The predicted molar refractivity (Wildman–Crippen MR) is 75.1 cm³/mol. The third kappa shape index (κ3) is 3.96. The summed E-state index contributed by atoms with van der Waals surface area (Å²) in [5.41, 5.74) is -0.167. The maximum atomic E-state index is 12.9. The van der Waals surface area contributed by atoms with E-state index in [2.05, 4.69) is 9.97 Å². The van der Waals surface area contributed by atoms with Gasteiger partial charge >= 0.3 is 6.18 Å². The van der Waals surface area contributed by atoms with E-state index in [-0.39, 0.29) is 36.3 Å². The summed E-state index contributed by atoms with van der Waals surface area (Å²) in [5.74, 6) is -1.35.